The molecule has 0 bridgehead atoms. The molecule has 0 aliphatic carbocycles. The van der Waals surface area contributed by atoms with Gasteiger partial charge in [-0.15, -0.1) is 4.55 Å². The molecule has 0 aromatic heterocycles. The van der Waals surface area contributed by atoms with Crippen LogP contribution in [0.15, 0.2) is 0 Å². The summed E-state index contributed by atoms with van der Waals surface area (Å²) in [6.07, 6.45) is 2.65. The summed E-state index contributed by atoms with van der Waals surface area (Å²) in [5, 5.41) is 0. The number of hydrogen-bond acceptors (Lipinski definition) is 0. The second kappa shape index (κ2) is 10.6. The Morgan fingerprint density at radius 3 is 2.29 bits per heavy atom. The molecular formula is C4H13ClGeMg. The molecule has 0 saturated carbocycles. The van der Waals surface area contributed by atoms with Crippen LogP contribution in [0.5, 0.6) is 0 Å². The monoisotopic (exact) mass is 194 g/mol. The molecule has 42 valence electrons. The van der Waals surface area contributed by atoms with Crippen molar-refractivity contribution in [2.45, 2.75) is 24.3 Å². The molecule has 0 radical (unpaired) electrons. The van der Waals surface area contributed by atoms with E-state index in [1.165, 1.54) is 17.4 Å². The predicted octanol–water partition coefficient (Wildman–Crippen LogP) is 0.611. The summed E-state index contributed by atoms with van der Waals surface area (Å²) in [5.41, 5.74) is 0. The summed E-state index contributed by atoms with van der Waals surface area (Å²) < 4.78 is 1.32. The van der Waals surface area contributed by atoms with Gasteiger partial charge in [-0.2, -0.15) is 0 Å². The van der Waals surface area contributed by atoms with Crippen molar-refractivity contribution in [3.63, 3.8) is 0 Å². The van der Waals surface area contributed by atoms with Crippen molar-refractivity contribution in [3.05, 3.63) is 0 Å². The van der Waals surface area contributed by atoms with Crippen molar-refractivity contribution >= 4 is 45.9 Å². The van der Waals surface area contributed by atoms with Gasteiger partial charge in [0, 0.05) is 0 Å². The molecule has 0 aliphatic heterocycles. The van der Waals surface area contributed by atoms with Gasteiger partial charge in [-0.3, -0.25) is 0 Å². The molecule has 0 aromatic carbocycles. The van der Waals surface area contributed by atoms with Crippen LogP contribution in [0.1, 0.15) is 19.8 Å². The Morgan fingerprint density at radius 2 is 2.14 bits per heavy atom. The number of rotatable bonds is 3. The minimum atomic E-state index is -0.125. The molecule has 0 rings (SSSR count). The van der Waals surface area contributed by atoms with Crippen molar-refractivity contribution in [2.75, 3.05) is 0 Å². The van der Waals surface area contributed by atoms with E-state index in [9.17, 15) is 0 Å². The summed E-state index contributed by atoms with van der Waals surface area (Å²) >= 11 is -0.125. The summed E-state index contributed by atoms with van der Waals surface area (Å²) in [4.78, 5) is 0. The summed E-state index contributed by atoms with van der Waals surface area (Å²) in [7, 11) is 5.52. The van der Waals surface area contributed by atoms with Crippen LogP contribution in [-0.2, 0) is 0 Å². The first kappa shape index (κ1) is 11.4. The predicted molar refractivity (Wildman–Crippen MR) is 42.7 cm³/mol. The van der Waals surface area contributed by atoms with E-state index in [1.54, 1.807) is 0 Å². The third-order valence-corrected chi connectivity index (χ3v) is 2.31. The molecule has 0 aromatic rings. The first-order chi connectivity index (χ1) is 2.91. The second-order valence-electron chi connectivity index (χ2n) is 1.40. The van der Waals surface area contributed by atoms with Gasteiger partial charge in [-0.25, -0.2) is 0 Å². The van der Waals surface area contributed by atoms with Crippen LogP contribution in [-0.4, -0.2) is 36.9 Å². The molecule has 0 atom stereocenters. The van der Waals surface area contributed by atoms with Crippen molar-refractivity contribution < 1.29 is 0 Å². The van der Waals surface area contributed by atoms with Crippen molar-refractivity contribution in [1.29, 1.82) is 0 Å². The van der Waals surface area contributed by atoms with Crippen LogP contribution in [0.25, 0.3) is 0 Å². The molecule has 0 nitrogen and oxygen atoms in total. The minimum absolute atomic E-state index is 0. The van der Waals surface area contributed by atoms with Gasteiger partial charge in [-0.1, -0.05) is 19.8 Å². The molecular weight excluding hydrogens is 180 g/mol. The SMILES string of the molecule is CCC[CH2][Mg][Cl].[GeH4]. The van der Waals surface area contributed by atoms with Crippen LogP contribution in [0.3, 0.4) is 0 Å². The Labute approximate surface area is 69.9 Å². The summed E-state index contributed by atoms with van der Waals surface area (Å²) in [6.45, 7) is 2.20. The van der Waals surface area contributed by atoms with Gasteiger partial charge in [-0.05, 0) is 0 Å². The maximum absolute atomic E-state index is 5.52. The van der Waals surface area contributed by atoms with Crippen LogP contribution in [0.4, 0.5) is 0 Å². The molecule has 0 heterocycles. The Morgan fingerprint density at radius 1 is 1.57 bits per heavy atom. The summed E-state index contributed by atoms with van der Waals surface area (Å²) in [6, 6.07) is 0. The molecule has 0 aliphatic rings. The van der Waals surface area contributed by atoms with Crippen molar-refractivity contribution in [1.82, 2.24) is 0 Å². The molecule has 0 spiro atoms. The van der Waals surface area contributed by atoms with E-state index in [4.69, 9.17) is 9.07 Å². The third-order valence-electron chi connectivity index (χ3n) is 0.737. The van der Waals surface area contributed by atoms with Gasteiger partial charge in [0.25, 0.3) is 0 Å². The summed E-state index contributed by atoms with van der Waals surface area (Å²) in [5.74, 6) is 0. The molecule has 3 heteroatoms. The average molecular weight is 194 g/mol. The Bertz CT molecular complexity index is 23.7. The van der Waals surface area contributed by atoms with Gasteiger partial charge in [0.15, 0.2) is 0 Å². The van der Waals surface area contributed by atoms with Gasteiger partial charge in [0.1, 0.15) is 0 Å². The molecule has 0 unspecified atom stereocenters. The fourth-order valence-corrected chi connectivity index (χ4v) is 1.60. The van der Waals surface area contributed by atoms with Crippen LogP contribution < -0.4 is 0 Å². The van der Waals surface area contributed by atoms with Crippen LogP contribution in [0, 0.1) is 0 Å². The van der Waals surface area contributed by atoms with Crippen molar-refractivity contribution in [3.8, 4) is 0 Å². The topological polar surface area (TPSA) is 0 Å². The third kappa shape index (κ3) is 11.3. The molecule has 0 N–H and O–H groups in total. The normalized spacial score (nSPS) is 6.57. The van der Waals surface area contributed by atoms with Gasteiger partial charge < -0.3 is 9.07 Å². The fraction of sp³-hybridized carbons (Fsp3) is 1.00. The zero-order valence-corrected chi connectivity index (χ0v) is 6.38. The first-order valence-electron chi connectivity index (χ1n) is 2.47. The van der Waals surface area contributed by atoms with E-state index in [-0.39, 0.29) is 36.9 Å². The van der Waals surface area contributed by atoms with Gasteiger partial charge in [0.05, 0.1) is 0 Å². The second-order valence-corrected chi connectivity index (χ2v) is 3.62. The van der Waals surface area contributed by atoms with E-state index in [1.807, 2.05) is 0 Å². The fourth-order valence-electron chi connectivity index (χ4n) is 0.344. The molecule has 0 fully saturated rings. The van der Waals surface area contributed by atoms with Crippen molar-refractivity contribution in [2.24, 2.45) is 0 Å². The Kier molecular flexibility index (Phi) is 17.2. The molecule has 0 saturated heterocycles. The zero-order valence-electron chi connectivity index (χ0n) is 4.21. The number of unbranched alkanes of at least 4 members (excludes halogenated alkanes) is 1. The molecule has 7 heavy (non-hydrogen) atoms. The standard InChI is InChI=1S/C4H9.ClH.GeH4.Mg/c1-3-4-2;;;/h1,3-4H2,2H3;1H;1H4;/q;;;+1/p-1. The first-order valence-corrected chi connectivity index (χ1v) is 5.61. The van der Waals surface area contributed by atoms with Crippen LogP contribution >= 0.6 is 9.07 Å². The van der Waals surface area contributed by atoms with E-state index in [2.05, 4.69) is 6.92 Å². The number of hydrogen-bond donors (Lipinski definition) is 0. The van der Waals surface area contributed by atoms with E-state index in [0.29, 0.717) is 0 Å². The van der Waals surface area contributed by atoms with E-state index in [0.717, 1.165) is 0 Å². The van der Waals surface area contributed by atoms with E-state index >= 15 is 0 Å². The number of halogens is 1. The quantitative estimate of drug-likeness (QED) is 0.455. The maximum atomic E-state index is 5.52. The zero-order chi connectivity index (χ0) is 4.83. The molecule has 0 amide bonds. The average Bonchev–Trinajstić information content (AvgIpc) is 1.61. The van der Waals surface area contributed by atoms with Crippen LogP contribution in [0.2, 0.25) is 4.55 Å². The van der Waals surface area contributed by atoms with E-state index < -0.39 is 0 Å². The Balaban J connectivity index is 0. The van der Waals surface area contributed by atoms with Gasteiger partial charge >= 0.3 is 36.9 Å². The Hall–Kier alpha value is 1.60. The van der Waals surface area contributed by atoms with Gasteiger partial charge in [0.2, 0.25) is 0 Å².